The number of nitrogens with zero attached hydrogens (tertiary/aromatic N) is 6. The molecule has 4 aromatic rings. The molecule has 1 aromatic carbocycles. The van der Waals surface area contributed by atoms with E-state index in [1.165, 1.54) is 23.8 Å². The van der Waals surface area contributed by atoms with Crippen molar-refractivity contribution >= 4 is 28.2 Å². The Morgan fingerprint density at radius 1 is 1.16 bits per heavy atom. The fraction of sp³-hybridized carbons (Fsp3) is 0.333. The first kappa shape index (κ1) is 19.3. The van der Waals surface area contributed by atoms with Gasteiger partial charge in [-0.1, -0.05) is 0 Å². The summed E-state index contributed by atoms with van der Waals surface area (Å²) in [4.78, 5) is 15.7. The molecule has 9 nitrogen and oxygen atoms in total. The van der Waals surface area contributed by atoms with E-state index >= 15 is 0 Å². The maximum atomic E-state index is 14.1. The minimum atomic E-state index is -0.432. The minimum Gasteiger partial charge on any atom is -0.494 e. The third-order valence-electron chi connectivity index (χ3n) is 5.65. The van der Waals surface area contributed by atoms with Gasteiger partial charge in [-0.05, 0) is 25.0 Å². The van der Waals surface area contributed by atoms with E-state index in [4.69, 9.17) is 20.2 Å². The Balaban J connectivity index is 1.53. The van der Waals surface area contributed by atoms with Crippen LogP contribution in [-0.2, 0) is 0 Å². The SMILES string of the molecule is COc1ccc(N2CCCC(c3nc4c5cc(F)cc(OC)c5nc(N)n4n3)C2)cn1. The Kier molecular flexibility index (Phi) is 4.68. The Bertz CT molecular complexity index is 1260. The topological polar surface area (TPSA) is 104 Å². The highest BCUT2D eigenvalue weighted by molar-refractivity contribution is 5.95. The average molecular weight is 423 g/mol. The number of nitrogens with two attached hydrogens (primary N) is 1. The van der Waals surface area contributed by atoms with Crippen molar-refractivity contribution in [1.82, 2.24) is 24.6 Å². The van der Waals surface area contributed by atoms with Gasteiger partial charge in [-0.3, -0.25) is 0 Å². The highest BCUT2D eigenvalue weighted by Crippen LogP contribution is 2.32. The van der Waals surface area contributed by atoms with Crippen LogP contribution in [0.15, 0.2) is 30.5 Å². The van der Waals surface area contributed by atoms with Crippen molar-refractivity contribution in [2.24, 2.45) is 0 Å². The summed E-state index contributed by atoms with van der Waals surface area (Å²) >= 11 is 0. The molecular weight excluding hydrogens is 401 g/mol. The molecule has 5 rings (SSSR count). The second kappa shape index (κ2) is 7.53. The molecule has 3 aromatic heterocycles. The molecule has 0 bridgehead atoms. The van der Waals surface area contributed by atoms with Gasteiger partial charge in [0, 0.05) is 31.1 Å². The quantitative estimate of drug-likeness (QED) is 0.534. The first-order valence-electron chi connectivity index (χ1n) is 10.0. The number of hydrogen-bond donors (Lipinski definition) is 1. The summed E-state index contributed by atoms with van der Waals surface area (Å²) in [6, 6.07) is 6.51. The number of rotatable bonds is 4. The zero-order valence-electron chi connectivity index (χ0n) is 17.2. The van der Waals surface area contributed by atoms with Crippen molar-refractivity contribution in [2.75, 3.05) is 37.9 Å². The van der Waals surface area contributed by atoms with Crippen LogP contribution >= 0.6 is 0 Å². The average Bonchev–Trinajstić information content (AvgIpc) is 3.26. The van der Waals surface area contributed by atoms with Gasteiger partial charge in [-0.15, -0.1) is 5.10 Å². The molecule has 0 aliphatic carbocycles. The van der Waals surface area contributed by atoms with Gasteiger partial charge in [0.05, 0.1) is 31.5 Å². The van der Waals surface area contributed by atoms with E-state index < -0.39 is 5.82 Å². The number of halogens is 1. The van der Waals surface area contributed by atoms with Crippen LogP contribution < -0.4 is 20.1 Å². The number of ether oxygens (including phenoxy) is 2. The first-order chi connectivity index (χ1) is 15.1. The molecule has 10 heteroatoms. The largest absolute Gasteiger partial charge is 0.494 e. The van der Waals surface area contributed by atoms with E-state index in [2.05, 4.69) is 20.0 Å². The summed E-state index contributed by atoms with van der Waals surface area (Å²) in [5, 5.41) is 5.13. The molecular formula is C21H22FN7O2. The number of fused-ring (bicyclic) bond motifs is 3. The standard InChI is InChI=1S/C21H22FN7O2/c1-30-16-9-13(22)8-15-18(16)25-21(23)29-20(15)26-19(27-29)12-4-3-7-28(11-12)14-5-6-17(31-2)24-10-14/h5-6,8-10,12H,3-4,7,11H2,1-2H3,(H2,23,25). The molecule has 160 valence electrons. The van der Waals surface area contributed by atoms with Crippen LogP contribution in [0.3, 0.4) is 0 Å². The van der Waals surface area contributed by atoms with E-state index in [1.54, 1.807) is 7.11 Å². The second-order valence-electron chi connectivity index (χ2n) is 7.52. The fourth-order valence-electron chi connectivity index (χ4n) is 4.12. The van der Waals surface area contributed by atoms with Crippen LogP contribution in [0.1, 0.15) is 24.6 Å². The Morgan fingerprint density at radius 2 is 2.03 bits per heavy atom. The lowest BCUT2D eigenvalue weighted by Gasteiger charge is -2.33. The monoisotopic (exact) mass is 423 g/mol. The van der Waals surface area contributed by atoms with Crippen molar-refractivity contribution in [2.45, 2.75) is 18.8 Å². The molecule has 0 saturated carbocycles. The van der Waals surface area contributed by atoms with Crippen LogP contribution in [0, 0.1) is 5.82 Å². The zero-order valence-corrected chi connectivity index (χ0v) is 17.2. The van der Waals surface area contributed by atoms with Gasteiger partial charge in [0.25, 0.3) is 0 Å². The summed E-state index contributed by atoms with van der Waals surface area (Å²) in [6.45, 7) is 1.67. The highest BCUT2D eigenvalue weighted by Gasteiger charge is 2.26. The first-order valence-corrected chi connectivity index (χ1v) is 10.0. The van der Waals surface area contributed by atoms with E-state index in [9.17, 15) is 4.39 Å². The molecule has 0 spiro atoms. The van der Waals surface area contributed by atoms with Gasteiger partial charge in [0.2, 0.25) is 11.8 Å². The summed E-state index contributed by atoms with van der Waals surface area (Å²) < 4.78 is 26.0. The van der Waals surface area contributed by atoms with Crippen molar-refractivity contribution in [1.29, 1.82) is 0 Å². The third-order valence-corrected chi connectivity index (χ3v) is 5.65. The Morgan fingerprint density at radius 3 is 2.77 bits per heavy atom. The van der Waals surface area contributed by atoms with Crippen molar-refractivity contribution < 1.29 is 13.9 Å². The van der Waals surface area contributed by atoms with Crippen molar-refractivity contribution in [3.8, 4) is 11.6 Å². The van der Waals surface area contributed by atoms with E-state index in [-0.39, 0.29) is 11.9 Å². The normalized spacial score (nSPS) is 16.7. The van der Waals surface area contributed by atoms with Crippen LogP contribution in [-0.4, -0.2) is 51.9 Å². The summed E-state index contributed by atoms with van der Waals surface area (Å²) in [6.07, 6.45) is 3.74. The van der Waals surface area contributed by atoms with Crippen molar-refractivity contribution in [3.05, 3.63) is 42.1 Å². The molecule has 1 aliphatic heterocycles. The summed E-state index contributed by atoms with van der Waals surface area (Å²) in [5.41, 5.74) is 8.09. The van der Waals surface area contributed by atoms with E-state index in [0.717, 1.165) is 31.6 Å². The zero-order chi connectivity index (χ0) is 21.5. The van der Waals surface area contributed by atoms with Crippen LogP contribution in [0.5, 0.6) is 11.6 Å². The van der Waals surface area contributed by atoms with Gasteiger partial charge < -0.3 is 20.1 Å². The van der Waals surface area contributed by atoms with Gasteiger partial charge in [0.15, 0.2) is 11.5 Å². The summed E-state index contributed by atoms with van der Waals surface area (Å²) in [7, 11) is 3.07. The molecule has 0 radical (unpaired) electrons. The number of aromatic nitrogens is 5. The molecule has 1 aliphatic rings. The number of methoxy groups -OCH3 is 2. The molecule has 1 unspecified atom stereocenters. The van der Waals surface area contributed by atoms with Gasteiger partial charge in [-0.25, -0.2) is 19.3 Å². The van der Waals surface area contributed by atoms with Gasteiger partial charge in [-0.2, -0.15) is 4.52 Å². The Labute approximate surface area is 177 Å². The number of nitrogen functional groups attached to an aromatic ring is 1. The predicted molar refractivity (Wildman–Crippen MR) is 114 cm³/mol. The van der Waals surface area contributed by atoms with E-state index in [1.807, 2.05) is 18.3 Å². The maximum absolute atomic E-state index is 14.1. The van der Waals surface area contributed by atoms with Crippen molar-refractivity contribution in [3.63, 3.8) is 0 Å². The molecule has 1 atom stereocenters. The Hall–Kier alpha value is -3.69. The summed E-state index contributed by atoms with van der Waals surface area (Å²) in [5.74, 6) is 1.40. The minimum absolute atomic E-state index is 0.0978. The second-order valence-corrected chi connectivity index (χ2v) is 7.52. The number of hydrogen-bond acceptors (Lipinski definition) is 8. The van der Waals surface area contributed by atoms with Crippen LogP contribution in [0.2, 0.25) is 0 Å². The molecule has 1 saturated heterocycles. The lowest BCUT2D eigenvalue weighted by molar-refractivity contribution is 0.397. The fourth-order valence-corrected chi connectivity index (χ4v) is 4.12. The molecule has 31 heavy (non-hydrogen) atoms. The number of benzene rings is 1. The van der Waals surface area contributed by atoms with E-state index in [0.29, 0.717) is 34.0 Å². The molecule has 2 N–H and O–H groups in total. The number of pyridine rings is 1. The molecule has 0 amide bonds. The lowest BCUT2D eigenvalue weighted by atomic mass is 9.97. The third kappa shape index (κ3) is 3.33. The molecule has 4 heterocycles. The van der Waals surface area contributed by atoms with Crippen LogP contribution in [0.4, 0.5) is 16.0 Å². The van der Waals surface area contributed by atoms with Gasteiger partial charge in [0.1, 0.15) is 17.1 Å². The number of anilines is 2. The van der Waals surface area contributed by atoms with Crippen LogP contribution in [0.25, 0.3) is 16.6 Å². The van der Waals surface area contributed by atoms with Gasteiger partial charge >= 0.3 is 0 Å². The predicted octanol–water partition coefficient (Wildman–Crippen LogP) is 2.79. The number of piperidine rings is 1. The highest BCUT2D eigenvalue weighted by atomic mass is 19.1. The molecule has 1 fully saturated rings. The maximum Gasteiger partial charge on any atom is 0.223 e. The lowest BCUT2D eigenvalue weighted by Crippen LogP contribution is -2.34. The smallest absolute Gasteiger partial charge is 0.223 e.